The van der Waals surface area contributed by atoms with Gasteiger partial charge in [-0.1, -0.05) is 54.6 Å². The fourth-order valence-corrected chi connectivity index (χ4v) is 2.55. The van der Waals surface area contributed by atoms with Gasteiger partial charge in [0.15, 0.2) is 0 Å². The molecule has 0 aliphatic carbocycles. The predicted octanol–water partition coefficient (Wildman–Crippen LogP) is 4.52. The zero-order valence-electron chi connectivity index (χ0n) is 13.9. The summed E-state index contributed by atoms with van der Waals surface area (Å²) in [5, 5.41) is 0. The fourth-order valence-electron chi connectivity index (χ4n) is 2.55. The van der Waals surface area contributed by atoms with Gasteiger partial charge < -0.3 is 9.57 Å². The number of nitrogens with two attached hydrogens (primary N) is 1. The van der Waals surface area contributed by atoms with E-state index in [1.165, 1.54) is 0 Å². The number of rotatable bonds is 5. The molecule has 126 valence electrons. The summed E-state index contributed by atoms with van der Waals surface area (Å²) in [6, 6.07) is 24.4. The molecule has 0 aromatic heterocycles. The first-order chi connectivity index (χ1) is 12.2. The molecule has 0 fully saturated rings. The van der Waals surface area contributed by atoms with Crippen molar-refractivity contribution in [2.24, 2.45) is 5.90 Å². The maximum atomic E-state index is 12.3. The van der Waals surface area contributed by atoms with Gasteiger partial charge in [-0.15, -0.1) is 0 Å². The van der Waals surface area contributed by atoms with Gasteiger partial charge in [0.05, 0.1) is 5.56 Å². The van der Waals surface area contributed by atoms with Crippen LogP contribution in [0.1, 0.15) is 28.9 Å². The van der Waals surface area contributed by atoms with Crippen LogP contribution < -0.4 is 10.7 Å². The number of hydrogen-bond acceptors (Lipinski definition) is 4. The molecule has 25 heavy (non-hydrogen) atoms. The van der Waals surface area contributed by atoms with Crippen molar-refractivity contribution >= 4 is 5.97 Å². The third kappa shape index (κ3) is 4.05. The monoisotopic (exact) mass is 333 g/mol. The summed E-state index contributed by atoms with van der Waals surface area (Å²) in [7, 11) is 0. The molecule has 0 amide bonds. The van der Waals surface area contributed by atoms with Gasteiger partial charge in [-0.2, -0.15) is 5.90 Å². The average molecular weight is 333 g/mol. The number of esters is 1. The fraction of sp³-hybridized carbons (Fsp3) is 0.0952. The van der Waals surface area contributed by atoms with Gasteiger partial charge in [0.1, 0.15) is 11.9 Å². The smallest absolute Gasteiger partial charge is 0.338 e. The van der Waals surface area contributed by atoms with Crippen molar-refractivity contribution in [1.82, 2.24) is 0 Å². The molecule has 0 aliphatic heterocycles. The third-order valence-electron chi connectivity index (χ3n) is 4.00. The molecule has 3 aromatic rings. The third-order valence-corrected chi connectivity index (χ3v) is 4.00. The van der Waals surface area contributed by atoms with E-state index >= 15 is 0 Å². The van der Waals surface area contributed by atoms with E-state index in [-0.39, 0.29) is 12.1 Å². The highest BCUT2D eigenvalue weighted by Crippen LogP contribution is 2.23. The highest BCUT2D eigenvalue weighted by Gasteiger charge is 2.13. The molecular formula is C21H19NO3. The second-order valence-corrected chi connectivity index (χ2v) is 5.68. The van der Waals surface area contributed by atoms with Gasteiger partial charge in [0, 0.05) is 0 Å². The zero-order chi connectivity index (χ0) is 17.6. The van der Waals surface area contributed by atoms with Crippen molar-refractivity contribution in [2.75, 3.05) is 0 Å². The standard InChI is InChI=1S/C21H19NO3/c1-15(16-5-3-2-4-6-16)24-21(23)19-9-7-17(8-10-19)18-11-13-20(25-22)14-12-18/h2-15H,22H2,1H3. The number of carbonyl (C=O) groups excluding carboxylic acids is 1. The summed E-state index contributed by atoms with van der Waals surface area (Å²) < 4.78 is 5.53. The molecule has 4 nitrogen and oxygen atoms in total. The van der Waals surface area contributed by atoms with E-state index in [0.29, 0.717) is 11.3 Å². The number of hydrogen-bond donors (Lipinski definition) is 1. The van der Waals surface area contributed by atoms with Crippen LogP contribution >= 0.6 is 0 Å². The molecule has 0 radical (unpaired) electrons. The SMILES string of the molecule is CC(OC(=O)c1ccc(-c2ccc(ON)cc2)cc1)c1ccccc1. The van der Waals surface area contributed by atoms with E-state index in [4.69, 9.17) is 10.6 Å². The first-order valence-electron chi connectivity index (χ1n) is 8.00. The Hall–Kier alpha value is -3.11. The lowest BCUT2D eigenvalue weighted by Crippen LogP contribution is -2.09. The van der Waals surface area contributed by atoms with E-state index in [2.05, 4.69) is 4.84 Å². The Morgan fingerprint density at radius 3 is 1.96 bits per heavy atom. The summed E-state index contributed by atoms with van der Waals surface area (Å²) in [5.41, 5.74) is 3.50. The second kappa shape index (κ2) is 7.64. The van der Waals surface area contributed by atoms with Crippen molar-refractivity contribution < 1.29 is 14.4 Å². The Morgan fingerprint density at radius 1 is 0.840 bits per heavy atom. The first-order valence-corrected chi connectivity index (χ1v) is 8.00. The van der Waals surface area contributed by atoms with E-state index in [9.17, 15) is 4.79 Å². The van der Waals surface area contributed by atoms with Crippen molar-refractivity contribution in [3.05, 3.63) is 90.0 Å². The normalized spacial score (nSPS) is 11.6. The molecule has 0 bridgehead atoms. The Labute approximate surface area is 146 Å². The van der Waals surface area contributed by atoms with Crippen LogP contribution in [-0.4, -0.2) is 5.97 Å². The first kappa shape index (κ1) is 16.7. The lowest BCUT2D eigenvalue weighted by molar-refractivity contribution is 0.0338. The van der Waals surface area contributed by atoms with Crippen molar-refractivity contribution in [3.63, 3.8) is 0 Å². The lowest BCUT2D eigenvalue weighted by Gasteiger charge is -2.13. The minimum absolute atomic E-state index is 0.294. The molecule has 1 unspecified atom stereocenters. The molecule has 0 saturated heterocycles. The highest BCUT2D eigenvalue weighted by atomic mass is 16.6. The van der Waals surface area contributed by atoms with Crippen molar-refractivity contribution in [1.29, 1.82) is 0 Å². The van der Waals surface area contributed by atoms with Crippen LogP contribution in [0.5, 0.6) is 5.75 Å². The van der Waals surface area contributed by atoms with Gasteiger partial charge in [0.2, 0.25) is 0 Å². The summed E-state index contributed by atoms with van der Waals surface area (Å²) in [5.74, 6) is 5.38. The topological polar surface area (TPSA) is 61.5 Å². The van der Waals surface area contributed by atoms with Crippen LogP contribution in [0.25, 0.3) is 11.1 Å². The van der Waals surface area contributed by atoms with Crippen LogP contribution in [0.2, 0.25) is 0 Å². The Morgan fingerprint density at radius 2 is 1.40 bits per heavy atom. The van der Waals surface area contributed by atoms with Crippen LogP contribution in [0.3, 0.4) is 0 Å². The number of ether oxygens (including phenoxy) is 1. The molecule has 0 saturated carbocycles. The predicted molar refractivity (Wildman–Crippen MR) is 97.0 cm³/mol. The van der Waals surface area contributed by atoms with Gasteiger partial charge in [-0.3, -0.25) is 0 Å². The Kier molecular flexibility index (Phi) is 5.11. The molecule has 1 atom stereocenters. The maximum Gasteiger partial charge on any atom is 0.338 e. The largest absolute Gasteiger partial charge is 0.454 e. The molecule has 0 aliphatic rings. The summed E-state index contributed by atoms with van der Waals surface area (Å²) >= 11 is 0. The van der Waals surface area contributed by atoms with Crippen LogP contribution in [0, 0.1) is 0 Å². The van der Waals surface area contributed by atoms with Crippen LogP contribution in [0.4, 0.5) is 0 Å². The average Bonchev–Trinajstić information content (AvgIpc) is 2.69. The second-order valence-electron chi connectivity index (χ2n) is 5.68. The zero-order valence-corrected chi connectivity index (χ0v) is 13.9. The van der Waals surface area contributed by atoms with E-state index < -0.39 is 0 Å². The highest BCUT2D eigenvalue weighted by molar-refractivity contribution is 5.90. The van der Waals surface area contributed by atoms with Gasteiger partial charge in [-0.05, 0) is 47.9 Å². The molecular weight excluding hydrogens is 314 g/mol. The molecule has 2 N–H and O–H groups in total. The van der Waals surface area contributed by atoms with Gasteiger partial charge >= 0.3 is 5.97 Å². The Balaban J connectivity index is 1.70. The minimum atomic E-state index is -0.338. The van der Waals surface area contributed by atoms with Crippen LogP contribution in [0.15, 0.2) is 78.9 Å². The summed E-state index contributed by atoms with van der Waals surface area (Å²) in [6.07, 6.45) is -0.294. The molecule has 4 heteroatoms. The quantitative estimate of drug-likeness (QED) is 0.551. The van der Waals surface area contributed by atoms with Crippen LogP contribution in [-0.2, 0) is 4.74 Å². The van der Waals surface area contributed by atoms with Crippen molar-refractivity contribution in [3.8, 4) is 16.9 Å². The van der Waals surface area contributed by atoms with E-state index in [0.717, 1.165) is 16.7 Å². The van der Waals surface area contributed by atoms with Crippen molar-refractivity contribution in [2.45, 2.75) is 13.0 Å². The molecule has 3 aromatic carbocycles. The van der Waals surface area contributed by atoms with E-state index in [1.54, 1.807) is 24.3 Å². The number of carbonyl (C=O) groups is 1. The number of benzene rings is 3. The van der Waals surface area contributed by atoms with Gasteiger partial charge in [-0.25, -0.2) is 4.79 Å². The molecule has 0 spiro atoms. The lowest BCUT2D eigenvalue weighted by atomic mass is 10.0. The van der Waals surface area contributed by atoms with E-state index in [1.807, 2.05) is 61.5 Å². The minimum Gasteiger partial charge on any atom is -0.454 e. The molecule has 3 rings (SSSR count). The Bertz CT molecular complexity index is 827. The molecule has 0 heterocycles. The summed E-state index contributed by atoms with van der Waals surface area (Å²) in [6.45, 7) is 1.86. The van der Waals surface area contributed by atoms with Gasteiger partial charge in [0.25, 0.3) is 0 Å². The summed E-state index contributed by atoms with van der Waals surface area (Å²) in [4.78, 5) is 17.0. The maximum absolute atomic E-state index is 12.3.